The summed E-state index contributed by atoms with van der Waals surface area (Å²) in [5.41, 5.74) is 3.98. The predicted octanol–water partition coefficient (Wildman–Crippen LogP) is 5.55. The summed E-state index contributed by atoms with van der Waals surface area (Å²) in [7, 11) is 0. The highest BCUT2D eigenvalue weighted by Gasteiger charge is 2.34. The van der Waals surface area contributed by atoms with Gasteiger partial charge in [0.05, 0.1) is 5.75 Å². The molecule has 1 aliphatic rings. The summed E-state index contributed by atoms with van der Waals surface area (Å²) in [6.07, 6.45) is 4.57. The van der Waals surface area contributed by atoms with Gasteiger partial charge in [0.1, 0.15) is 5.37 Å². The van der Waals surface area contributed by atoms with Crippen LogP contribution in [0.1, 0.15) is 56.0 Å². The van der Waals surface area contributed by atoms with Gasteiger partial charge in [-0.1, -0.05) is 51.0 Å². The van der Waals surface area contributed by atoms with Crippen LogP contribution < -0.4 is 10.2 Å². The fraction of sp³-hybridized carbons (Fsp3) is 0.391. The van der Waals surface area contributed by atoms with E-state index in [0.717, 1.165) is 42.6 Å². The van der Waals surface area contributed by atoms with Crippen LogP contribution in [0.15, 0.2) is 48.5 Å². The van der Waals surface area contributed by atoms with Gasteiger partial charge in [0.15, 0.2) is 0 Å². The topological polar surface area (TPSA) is 49.4 Å². The molecular formula is C23H28N2O2S. The van der Waals surface area contributed by atoms with Gasteiger partial charge < -0.3 is 5.32 Å². The first-order valence-electron chi connectivity index (χ1n) is 10.0. The molecule has 2 aromatic carbocycles. The van der Waals surface area contributed by atoms with Crippen molar-refractivity contribution in [2.45, 2.75) is 51.3 Å². The molecule has 2 amide bonds. The average Bonchev–Trinajstić information content (AvgIpc) is 3.10. The third kappa shape index (κ3) is 4.96. The maximum atomic E-state index is 12.6. The fourth-order valence-electron chi connectivity index (χ4n) is 3.41. The third-order valence-electron chi connectivity index (χ3n) is 4.93. The first-order chi connectivity index (χ1) is 13.6. The molecule has 1 atom stereocenters. The smallest absolute Gasteiger partial charge is 0.238 e. The Morgan fingerprint density at radius 2 is 1.96 bits per heavy atom. The van der Waals surface area contributed by atoms with Crippen molar-refractivity contribution < 1.29 is 9.59 Å². The van der Waals surface area contributed by atoms with Crippen LogP contribution in [-0.4, -0.2) is 17.6 Å². The van der Waals surface area contributed by atoms with E-state index >= 15 is 0 Å². The van der Waals surface area contributed by atoms with Crippen molar-refractivity contribution in [1.82, 2.24) is 0 Å². The van der Waals surface area contributed by atoms with Crippen LogP contribution in [-0.2, 0) is 16.0 Å². The molecule has 148 valence electrons. The Morgan fingerprint density at radius 1 is 1.14 bits per heavy atom. The largest absolute Gasteiger partial charge is 0.326 e. The Balaban J connectivity index is 1.78. The molecule has 1 fully saturated rings. The molecular weight excluding hydrogens is 368 g/mol. The second-order valence-electron chi connectivity index (χ2n) is 7.08. The maximum Gasteiger partial charge on any atom is 0.238 e. The lowest BCUT2D eigenvalue weighted by Gasteiger charge is -2.25. The number of rotatable bonds is 8. The van der Waals surface area contributed by atoms with E-state index in [4.69, 9.17) is 0 Å². The molecule has 1 saturated heterocycles. The number of aryl methyl sites for hydroxylation is 1. The van der Waals surface area contributed by atoms with Crippen LogP contribution in [0.3, 0.4) is 0 Å². The molecule has 2 aromatic rings. The highest BCUT2D eigenvalue weighted by atomic mass is 32.2. The summed E-state index contributed by atoms with van der Waals surface area (Å²) < 4.78 is 0. The Morgan fingerprint density at radius 3 is 2.75 bits per heavy atom. The number of nitrogens with one attached hydrogen (secondary N) is 1. The molecule has 28 heavy (non-hydrogen) atoms. The van der Waals surface area contributed by atoms with Crippen LogP contribution >= 0.6 is 11.8 Å². The van der Waals surface area contributed by atoms with Gasteiger partial charge >= 0.3 is 0 Å². The van der Waals surface area contributed by atoms with Crippen molar-refractivity contribution in [3.63, 3.8) is 0 Å². The molecule has 1 unspecified atom stereocenters. The van der Waals surface area contributed by atoms with E-state index < -0.39 is 0 Å². The van der Waals surface area contributed by atoms with Crippen molar-refractivity contribution in [2.75, 3.05) is 16.0 Å². The first-order valence-corrected chi connectivity index (χ1v) is 11.1. The van der Waals surface area contributed by atoms with E-state index in [0.29, 0.717) is 12.2 Å². The van der Waals surface area contributed by atoms with Crippen molar-refractivity contribution in [3.05, 3.63) is 59.7 Å². The van der Waals surface area contributed by atoms with E-state index in [-0.39, 0.29) is 17.2 Å². The first kappa shape index (κ1) is 20.5. The fourth-order valence-corrected chi connectivity index (χ4v) is 4.57. The molecule has 5 heteroatoms. The Labute approximate surface area is 171 Å². The van der Waals surface area contributed by atoms with Crippen LogP contribution in [0.2, 0.25) is 0 Å². The quantitative estimate of drug-likeness (QED) is 0.596. The van der Waals surface area contributed by atoms with Gasteiger partial charge in [-0.05, 0) is 48.2 Å². The van der Waals surface area contributed by atoms with Gasteiger partial charge in [-0.3, -0.25) is 14.5 Å². The van der Waals surface area contributed by atoms with E-state index in [1.165, 1.54) is 5.56 Å². The van der Waals surface area contributed by atoms with Gasteiger partial charge in [0.2, 0.25) is 11.8 Å². The Bertz CT molecular complexity index is 837. The molecule has 0 aromatic heterocycles. The van der Waals surface area contributed by atoms with Crippen molar-refractivity contribution in [1.29, 1.82) is 0 Å². The normalized spacial score (nSPS) is 16.4. The van der Waals surface area contributed by atoms with Gasteiger partial charge in [0, 0.05) is 17.8 Å². The summed E-state index contributed by atoms with van der Waals surface area (Å²) in [6.45, 7) is 4.24. The summed E-state index contributed by atoms with van der Waals surface area (Å²) in [5.74, 6) is 0.639. The summed E-state index contributed by atoms with van der Waals surface area (Å²) in [6, 6.07) is 16.1. The number of hydrogen-bond acceptors (Lipinski definition) is 3. The number of carbonyl (C=O) groups is 2. The number of nitrogens with zero attached hydrogens (tertiary/aromatic N) is 1. The lowest BCUT2D eigenvalue weighted by Crippen LogP contribution is -2.28. The standard InChI is InChI=1S/C23H28N2O2S/c1-3-5-6-13-21(26)24-19-11-8-10-18(15-19)23-25(22(27)16-28-23)20-12-7-9-17(4-2)14-20/h7-12,14-15,23H,3-6,13,16H2,1-2H3,(H,24,26). The minimum Gasteiger partial charge on any atom is -0.326 e. The van der Waals surface area contributed by atoms with Gasteiger partial charge in [0.25, 0.3) is 0 Å². The van der Waals surface area contributed by atoms with E-state index in [1.54, 1.807) is 11.8 Å². The zero-order valence-electron chi connectivity index (χ0n) is 16.6. The number of carbonyl (C=O) groups excluding carboxylic acids is 2. The predicted molar refractivity (Wildman–Crippen MR) is 118 cm³/mol. The number of benzene rings is 2. The van der Waals surface area contributed by atoms with Gasteiger partial charge in [-0.15, -0.1) is 11.8 Å². The number of hydrogen-bond donors (Lipinski definition) is 1. The lowest BCUT2D eigenvalue weighted by atomic mass is 10.1. The van der Waals surface area contributed by atoms with Crippen LogP contribution in [0.25, 0.3) is 0 Å². The molecule has 1 aliphatic heterocycles. The number of amides is 2. The highest BCUT2D eigenvalue weighted by molar-refractivity contribution is 8.00. The van der Waals surface area contributed by atoms with Crippen LogP contribution in [0, 0.1) is 0 Å². The monoisotopic (exact) mass is 396 g/mol. The van der Waals surface area contributed by atoms with Crippen LogP contribution in [0.5, 0.6) is 0 Å². The molecule has 3 rings (SSSR count). The second-order valence-corrected chi connectivity index (χ2v) is 8.15. The summed E-state index contributed by atoms with van der Waals surface area (Å²) >= 11 is 1.63. The van der Waals surface area contributed by atoms with E-state index in [9.17, 15) is 9.59 Å². The minimum atomic E-state index is -0.0726. The summed E-state index contributed by atoms with van der Waals surface area (Å²) in [4.78, 5) is 26.6. The SMILES string of the molecule is CCCCCC(=O)Nc1cccc(C2SCC(=O)N2c2cccc(CC)c2)c1. The molecule has 1 N–H and O–H groups in total. The van der Waals surface area contributed by atoms with Crippen molar-refractivity contribution >= 4 is 35.0 Å². The van der Waals surface area contributed by atoms with Gasteiger partial charge in [-0.2, -0.15) is 0 Å². The molecule has 0 aliphatic carbocycles. The average molecular weight is 397 g/mol. The molecule has 0 spiro atoms. The minimum absolute atomic E-state index is 0.0493. The maximum absolute atomic E-state index is 12.6. The Hall–Kier alpha value is -2.27. The molecule has 0 bridgehead atoms. The Kier molecular flexibility index (Phi) is 7.15. The molecule has 1 heterocycles. The third-order valence-corrected chi connectivity index (χ3v) is 6.14. The number of unbranched alkanes of at least 4 members (excludes halogenated alkanes) is 2. The van der Waals surface area contributed by atoms with Crippen molar-refractivity contribution in [3.8, 4) is 0 Å². The van der Waals surface area contributed by atoms with Gasteiger partial charge in [-0.25, -0.2) is 0 Å². The highest BCUT2D eigenvalue weighted by Crippen LogP contribution is 2.42. The summed E-state index contributed by atoms with van der Waals surface area (Å²) in [5, 5.41) is 2.92. The molecule has 0 radical (unpaired) electrons. The number of anilines is 2. The van der Waals surface area contributed by atoms with E-state index in [2.05, 4.69) is 31.3 Å². The molecule has 4 nitrogen and oxygen atoms in total. The second kappa shape index (κ2) is 9.78. The molecule has 0 saturated carbocycles. The van der Waals surface area contributed by atoms with Crippen molar-refractivity contribution in [2.24, 2.45) is 0 Å². The van der Waals surface area contributed by atoms with E-state index in [1.807, 2.05) is 41.3 Å². The zero-order chi connectivity index (χ0) is 19.9. The number of thioether (sulfide) groups is 1. The lowest BCUT2D eigenvalue weighted by molar-refractivity contribution is -0.117. The van der Waals surface area contributed by atoms with Crippen LogP contribution in [0.4, 0.5) is 11.4 Å². The zero-order valence-corrected chi connectivity index (χ0v) is 17.4.